The van der Waals surface area contributed by atoms with Crippen LogP contribution in [-0.2, 0) is 0 Å². The summed E-state index contributed by atoms with van der Waals surface area (Å²) < 4.78 is 0. The van der Waals surface area contributed by atoms with Crippen molar-refractivity contribution in [3.8, 4) is 0 Å². The molecule has 0 radical (unpaired) electrons. The average molecular weight is 200 g/mol. The molecule has 1 N–H and O–H groups in total. The lowest BCUT2D eigenvalue weighted by Crippen LogP contribution is -2.05. The molecule has 0 heterocycles. The van der Waals surface area contributed by atoms with Gasteiger partial charge in [0.25, 0.3) is 0 Å². The molecule has 0 unspecified atom stereocenters. The molecule has 2 rings (SSSR count). The molecule has 0 bridgehead atoms. The molecule has 0 fully saturated rings. The minimum Gasteiger partial charge on any atom is -0.388 e. The van der Waals surface area contributed by atoms with Gasteiger partial charge in [-0.2, -0.15) is 0 Å². The van der Waals surface area contributed by atoms with E-state index in [4.69, 9.17) is 0 Å². The molecule has 1 heteroatoms. The van der Waals surface area contributed by atoms with Crippen LogP contribution in [0.3, 0.4) is 0 Å². The highest BCUT2D eigenvalue weighted by atomic mass is 16.3. The number of fused-ring (bicyclic) bond motifs is 1. The summed E-state index contributed by atoms with van der Waals surface area (Å²) in [5.74, 6) is 0.246. The molecule has 0 aliphatic heterocycles. The van der Waals surface area contributed by atoms with Crippen LogP contribution in [0.1, 0.15) is 25.5 Å². The monoisotopic (exact) mass is 200 g/mol. The largest absolute Gasteiger partial charge is 0.388 e. The van der Waals surface area contributed by atoms with Crippen molar-refractivity contribution in [3.05, 3.63) is 48.0 Å². The van der Waals surface area contributed by atoms with E-state index >= 15 is 0 Å². The Bertz CT molecular complexity index is 454. The first-order chi connectivity index (χ1) is 7.20. The summed E-state index contributed by atoms with van der Waals surface area (Å²) in [4.78, 5) is 0. The van der Waals surface area contributed by atoms with E-state index in [0.717, 1.165) is 10.9 Å². The van der Waals surface area contributed by atoms with Crippen LogP contribution in [0.25, 0.3) is 10.8 Å². The second kappa shape index (κ2) is 4.03. The summed E-state index contributed by atoms with van der Waals surface area (Å²) in [6.45, 7) is 4.07. The van der Waals surface area contributed by atoms with Crippen LogP contribution in [0.4, 0.5) is 0 Å². The van der Waals surface area contributed by atoms with Gasteiger partial charge in [0.1, 0.15) is 0 Å². The van der Waals surface area contributed by atoms with Crippen molar-refractivity contribution in [1.82, 2.24) is 0 Å². The Morgan fingerprint density at radius 2 is 1.60 bits per heavy atom. The topological polar surface area (TPSA) is 20.2 Å². The zero-order valence-corrected chi connectivity index (χ0v) is 9.14. The lowest BCUT2D eigenvalue weighted by atomic mass is 9.94. The highest BCUT2D eigenvalue weighted by Crippen LogP contribution is 2.28. The summed E-state index contributed by atoms with van der Waals surface area (Å²) in [5, 5.41) is 12.4. The summed E-state index contributed by atoms with van der Waals surface area (Å²) in [7, 11) is 0. The van der Waals surface area contributed by atoms with Gasteiger partial charge in [-0.25, -0.2) is 0 Å². The maximum Gasteiger partial charge on any atom is 0.0818 e. The molecule has 0 spiro atoms. The van der Waals surface area contributed by atoms with E-state index in [1.54, 1.807) is 0 Å². The van der Waals surface area contributed by atoms with E-state index in [1.807, 2.05) is 38.1 Å². The van der Waals surface area contributed by atoms with Gasteiger partial charge in [0.15, 0.2) is 0 Å². The molecule has 0 aromatic heterocycles. The number of benzene rings is 2. The molecular formula is C14H16O. The van der Waals surface area contributed by atoms with E-state index in [2.05, 4.69) is 18.2 Å². The van der Waals surface area contributed by atoms with Gasteiger partial charge in [0.2, 0.25) is 0 Å². The Labute approximate surface area is 90.4 Å². The molecule has 2 aromatic rings. The van der Waals surface area contributed by atoms with Gasteiger partial charge in [-0.1, -0.05) is 56.3 Å². The smallest absolute Gasteiger partial charge is 0.0818 e. The zero-order chi connectivity index (χ0) is 10.8. The van der Waals surface area contributed by atoms with E-state index < -0.39 is 0 Å². The van der Waals surface area contributed by atoms with Crippen molar-refractivity contribution in [2.24, 2.45) is 5.92 Å². The quantitative estimate of drug-likeness (QED) is 0.786. The minimum absolute atomic E-state index is 0.246. The second-order valence-electron chi connectivity index (χ2n) is 4.26. The molecule has 78 valence electrons. The summed E-state index contributed by atoms with van der Waals surface area (Å²) in [5.41, 5.74) is 1.03. The van der Waals surface area contributed by atoms with Crippen molar-refractivity contribution >= 4 is 10.8 Å². The van der Waals surface area contributed by atoms with Crippen molar-refractivity contribution in [2.45, 2.75) is 20.0 Å². The lowest BCUT2D eigenvalue weighted by molar-refractivity contribution is 0.128. The fourth-order valence-corrected chi connectivity index (χ4v) is 1.87. The number of hydrogen-bond acceptors (Lipinski definition) is 1. The Morgan fingerprint density at radius 1 is 0.933 bits per heavy atom. The van der Waals surface area contributed by atoms with Crippen molar-refractivity contribution in [2.75, 3.05) is 0 Å². The van der Waals surface area contributed by atoms with Crippen LogP contribution in [0.5, 0.6) is 0 Å². The summed E-state index contributed by atoms with van der Waals surface area (Å²) in [6, 6.07) is 14.3. The third kappa shape index (κ3) is 1.88. The van der Waals surface area contributed by atoms with Gasteiger partial charge in [-0.15, -0.1) is 0 Å². The molecule has 0 saturated heterocycles. The van der Waals surface area contributed by atoms with E-state index in [-0.39, 0.29) is 12.0 Å². The molecule has 2 aromatic carbocycles. The van der Waals surface area contributed by atoms with Crippen LogP contribution < -0.4 is 0 Å². The zero-order valence-electron chi connectivity index (χ0n) is 9.14. The highest BCUT2D eigenvalue weighted by Gasteiger charge is 2.13. The Hall–Kier alpha value is -1.34. The van der Waals surface area contributed by atoms with E-state index in [9.17, 15) is 5.11 Å². The maximum absolute atomic E-state index is 10.1. The van der Waals surface area contributed by atoms with Crippen LogP contribution >= 0.6 is 0 Å². The summed E-state index contributed by atoms with van der Waals surface area (Å²) in [6.07, 6.45) is -0.379. The number of aliphatic hydroxyl groups is 1. The van der Waals surface area contributed by atoms with Crippen molar-refractivity contribution in [3.63, 3.8) is 0 Å². The third-order valence-corrected chi connectivity index (χ3v) is 2.77. The van der Waals surface area contributed by atoms with Crippen LogP contribution in [0.2, 0.25) is 0 Å². The molecule has 1 nitrogen and oxygen atoms in total. The Morgan fingerprint density at radius 3 is 2.33 bits per heavy atom. The van der Waals surface area contributed by atoms with Gasteiger partial charge in [-0.05, 0) is 22.3 Å². The normalized spacial score (nSPS) is 13.3. The fourth-order valence-electron chi connectivity index (χ4n) is 1.87. The molecule has 15 heavy (non-hydrogen) atoms. The average Bonchev–Trinajstić information content (AvgIpc) is 2.27. The molecule has 0 saturated carbocycles. The van der Waals surface area contributed by atoms with E-state index in [0.29, 0.717) is 0 Å². The Balaban J connectivity index is 2.60. The predicted molar refractivity (Wildman–Crippen MR) is 63.7 cm³/mol. The minimum atomic E-state index is -0.379. The van der Waals surface area contributed by atoms with Crippen LogP contribution in [0.15, 0.2) is 42.5 Å². The maximum atomic E-state index is 10.1. The van der Waals surface area contributed by atoms with Gasteiger partial charge in [-0.3, -0.25) is 0 Å². The standard InChI is InChI=1S/C14H16O/c1-10(2)14(15)13-9-5-7-11-6-3-4-8-12(11)13/h3-10,14-15H,1-2H3/t14-/m0/s1. The predicted octanol–water partition coefficient (Wildman–Crippen LogP) is 3.53. The van der Waals surface area contributed by atoms with Crippen molar-refractivity contribution in [1.29, 1.82) is 0 Å². The van der Waals surface area contributed by atoms with E-state index in [1.165, 1.54) is 5.39 Å². The first-order valence-corrected chi connectivity index (χ1v) is 5.36. The third-order valence-electron chi connectivity index (χ3n) is 2.77. The van der Waals surface area contributed by atoms with Crippen molar-refractivity contribution < 1.29 is 5.11 Å². The second-order valence-corrected chi connectivity index (χ2v) is 4.26. The first-order valence-electron chi connectivity index (χ1n) is 5.36. The van der Waals surface area contributed by atoms with Gasteiger partial charge >= 0.3 is 0 Å². The highest BCUT2D eigenvalue weighted by molar-refractivity contribution is 5.85. The Kier molecular flexibility index (Phi) is 2.74. The van der Waals surface area contributed by atoms with Gasteiger partial charge < -0.3 is 5.11 Å². The van der Waals surface area contributed by atoms with Gasteiger partial charge in [0, 0.05) is 0 Å². The molecule has 0 aliphatic rings. The fraction of sp³-hybridized carbons (Fsp3) is 0.286. The number of aliphatic hydroxyl groups excluding tert-OH is 1. The molecule has 0 amide bonds. The first kappa shape index (κ1) is 10.2. The number of hydrogen-bond donors (Lipinski definition) is 1. The summed E-state index contributed by atoms with van der Waals surface area (Å²) >= 11 is 0. The molecular weight excluding hydrogens is 184 g/mol. The molecule has 1 atom stereocenters. The van der Waals surface area contributed by atoms with Gasteiger partial charge in [0.05, 0.1) is 6.10 Å². The number of rotatable bonds is 2. The lowest BCUT2D eigenvalue weighted by Gasteiger charge is -2.16. The molecule has 0 aliphatic carbocycles. The van der Waals surface area contributed by atoms with Crippen LogP contribution in [0, 0.1) is 5.92 Å². The van der Waals surface area contributed by atoms with Crippen LogP contribution in [-0.4, -0.2) is 5.11 Å². The SMILES string of the molecule is CC(C)[C@H](O)c1cccc2ccccc12.